The minimum atomic E-state index is 0.639. The lowest BCUT2D eigenvalue weighted by molar-refractivity contribution is 1.30. The van der Waals surface area contributed by atoms with E-state index in [1.165, 1.54) is 11.3 Å². The fraction of sp³-hybridized carbons (Fsp3) is 0.143. The van der Waals surface area contributed by atoms with Crippen LogP contribution < -0.4 is 0 Å². The zero-order chi connectivity index (χ0) is 8.01. The molecule has 0 aliphatic heterocycles. The number of hydrogen-bond acceptors (Lipinski definition) is 1. The van der Waals surface area contributed by atoms with Crippen molar-refractivity contribution in [2.45, 2.75) is 6.92 Å². The Morgan fingerprint density at radius 1 is 1.45 bits per heavy atom. The molecule has 0 spiro atoms. The molecule has 0 saturated carbocycles. The molecule has 0 atom stereocenters. The van der Waals surface area contributed by atoms with E-state index in [1.807, 2.05) is 13.0 Å². The second-order valence-electron chi connectivity index (χ2n) is 2.38. The molecule has 4 heteroatoms. The van der Waals surface area contributed by atoms with Gasteiger partial charge in [0.25, 0.3) is 0 Å². The molecule has 11 heavy (non-hydrogen) atoms. The molecule has 0 aliphatic carbocycles. The second-order valence-corrected chi connectivity index (χ2v) is 4.41. The van der Waals surface area contributed by atoms with Crippen LogP contribution in [0, 0.1) is 6.92 Å². The van der Waals surface area contributed by atoms with E-state index in [-0.39, 0.29) is 0 Å². The summed E-state index contributed by atoms with van der Waals surface area (Å²) < 4.78 is 1.78. The highest BCUT2D eigenvalue weighted by Crippen LogP contribution is 2.38. The average molecular weight is 206 g/mol. The highest BCUT2D eigenvalue weighted by molar-refractivity contribution is 7.23. The Hall–Kier alpha value is -0.180. The minimum absolute atomic E-state index is 0.639. The Bertz CT molecular complexity index is 402. The van der Waals surface area contributed by atoms with Crippen LogP contribution in [0.4, 0.5) is 0 Å². The van der Waals surface area contributed by atoms with Crippen molar-refractivity contribution >= 4 is 44.8 Å². The van der Waals surface area contributed by atoms with Crippen molar-refractivity contribution in [1.29, 1.82) is 0 Å². The maximum Gasteiger partial charge on any atom is 0.114 e. The molecule has 0 aromatic carbocycles. The van der Waals surface area contributed by atoms with Crippen LogP contribution in [0.1, 0.15) is 5.69 Å². The third-order valence-corrected chi connectivity index (χ3v) is 3.44. The van der Waals surface area contributed by atoms with Gasteiger partial charge in [0.05, 0.1) is 15.2 Å². The van der Waals surface area contributed by atoms with Gasteiger partial charge in [-0.15, -0.1) is 11.3 Å². The van der Waals surface area contributed by atoms with Crippen molar-refractivity contribution < 1.29 is 0 Å². The Labute approximate surface area is 77.9 Å². The predicted octanol–water partition coefficient (Wildman–Crippen LogP) is 3.84. The van der Waals surface area contributed by atoms with Crippen LogP contribution in [0.3, 0.4) is 0 Å². The number of thiophene rings is 1. The van der Waals surface area contributed by atoms with Crippen molar-refractivity contribution in [2.24, 2.45) is 0 Å². The molecular weight excluding hydrogens is 201 g/mol. The number of halogens is 2. The third kappa shape index (κ3) is 1.06. The van der Waals surface area contributed by atoms with E-state index < -0.39 is 0 Å². The van der Waals surface area contributed by atoms with Gasteiger partial charge in [0, 0.05) is 5.69 Å². The lowest BCUT2D eigenvalue weighted by atomic mass is 10.5. The summed E-state index contributed by atoms with van der Waals surface area (Å²) in [6.07, 6.45) is 0. The van der Waals surface area contributed by atoms with Crippen molar-refractivity contribution in [3.05, 3.63) is 21.1 Å². The first-order chi connectivity index (χ1) is 5.18. The summed E-state index contributed by atoms with van der Waals surface area (Å²) in [6.45, 7) is 2.00. The molecule has 1 nitrogen and oxygen atoms in total. The van der Waals surface area contributed by atoms with E-state index in [0.29, 0.717) is 9.36 Å². The molecule has 58 valence electrons. The second kappa shape index (κ2) is 2.41. The number of fused-ring (bicyclic) bond motifs is 1. The Balaban J connectivity index is 2.88. The normalized spacial score (nSPS) is 11.2. The molecule has 0 amide bonds. The number of hydrogen-bond donors (Lipinski definition) is 1. The van der Waals surface area contributed by atoms with Gasteiger partial charge in [0.15, 0.2) is 0 Å². The fourth-order valence-electron chi connectivity index (χ4n) is 1.05. The number of aryl methyl sites for hydroxylation is 1. The Morgan fingerprint density at radius 2 is 2.18 bits per heavy atom. The molecule has 0 bridgehead atoms. The first-order valence-corrected chi connectivity index (χ1v) is 4.69. The summed E-state index contributed by atoms with van der Waals surface area (Å²) in [6, 6.07) is 2.04. The smallest absolute Gasteiger partial charge is 0.114 e. The predicted molar refractivity (Wildman–Crippen MR) is 50.9 cm³/mol. The number of aromatic nitrogens is 1. The van der Waals surface area contributed by atoms with Crippen molar-refractivity contribution in [1.82, 2.24) is 4.98 Å². The summed E-state index contributed by atoms with van der Waals surface area (Å²) in [5.74, 6) is 0. The summed E-state index contributed by atoms with van der Waals surface area (Å²) >= 11 is 13.2. The highest BCUT2D eigenvalue weighted by Gasteiger charge is 2.09. The standard InChI is InChI=1S/C7H5Cl2NS/c1-3-2-4-6(10-3)5(8)7(9)11-4/h2,10H,1H3. The molecule has 0 aliphatic rings. The van der Waals surface area contributed by atoms with E-state index in [2.05, 4.69) is 4.98 Å². The lowest BCUT2D eigenvalue weighted by Gasteiger charge is -1.83. The fourth-order valence-corrected chi connectivity index (χ4v) is 2.59. The molecule has 2 rings (SSSR count). The molecule has 0 saturated heterocycles. The summed E-state index contributed by atoms with van der Waals surface area (Å²) in [5, 5.41) is 0.639. The van der Waals surface area contributed by atoms with Crippen LogP contribution in [-0.2, 0) is 0 Å². The van der Waals surface area contributed by atoms with Gasteiger partial charge in [-0.1, -0.05) is 23.2 Å². The minimum Gasteiger partial charge on any atom is -0.357 e. The molecule has 2 aromatic rings. The molecular formula is C7H5Cl2NS. The van der Waals surface area contributed by atoms with Gasteiger partial charge in [-0.25, -0.2) is 0 Å². The number of H-pyrrole nitrogens is 1. The van der Waals surface area contributed by atoms with E-state index >= 15 is 0 Å². The number of aromatic amines is 1. The van der Waals surface area contributed by atoms with Crippen LogP contribution in [0.5, 0.6) is 0 Å². The number of nitrogens with one attached hydrogen (secondary N) is 1. The van der Waals surface area contributed by atoms with E-state index in [9.17, 15) is 0 Å². The Morgan fingerprint density at radius 3 is 2.82 bits per heavy atom. The van der Waals surface area contributed by atoms with Gasteiger partial charge >= 0.3 is 0 Å². The highest BCUT2D eigenvalue weighted by atomic mass is 35.5. The van der Waals surface area contributed by atoms with Crippen LogP contribution in [-0.4, -0.2) is 4.98 Å². The van der Waals surface area contributed by atoms with Gasteiger partial charge in [0.2, 0.25) is 0 Å². The van der Waals surface area contributed by atoms with Crippen LogP contribution in [0.15, 0.2) is 6.07 Å². The molecule has 2 aromatic heterocycles. The van der Waals surface area contributed by atoms with Crippen LogP contribution >= 0.6 is 34.5 Å². The van der Waals surface area contributed by atoms with Crippen molar-refractivity contribution in [2.75, 3.05) is 0 Å². The van der Waals surface area contributed by atoms with Crippen LogP contribution in [0.25, 0.3) is 10.2 Å². The molecule has 0 unspecified atom stereocenters. The topological polar surface area (TPSA) is 15.8 Å². The monoisotopic (exact) mass is 205 g/mol. The zero-order valence-electron chi connectivity index (χ0n) is 5.74. The largest absolute Gasteiger partial charge is 0.357 e. The maximum atomic E-state index is 5.90. The SMILES string of the molecule is Cc1cc2sc(Cl)c(Cl)c2[nH]1. The summed E-state index contributed by atoms with van der Waals surface area (Å²) in [4.78, 5) is 3.14. The van der Waals surface area contributed by atoms with Gasteiger partial charge < -0.3 is 4.98 Å². The van der Waals surface area contributed by atoms with Gasteiger partial charge in [-0.3, -0.25) is 0 Å². The maximum absolute atomic E-state index is 5.90. The first kappa shape index (κ1) is 7.47. The van der Waals surface area contributed by atoms with E-state index in [4.69, 9.17) is 23.2 Å². The van der Waals surface area contributed by atoms with Gasteiger partial charge in [0.1, 0.15) is 4.34 Å². The first-order valence-electron chi connectivity index (χ1n) is 3.11. The average Bonchev–Trinajstić information content (AvgIpc) is 2.37. The van der Waals surface area contributed by atoms with Crippen molar-refractivity contribution in [3.8, 4) is 0 Å². The Kier molecular flexibility index (Phi) is 1.63. The molecule has 2 heterocycles. The zero-order valence-corrected chi connectivity index (χ0v) is 8.07. The van der Waals surface area contributed by atoms with Crippen LogP contribution in [0.2, 0.25) is 9.36 Å². The molecule has 0 radical (unpaired) electrons. The van der Waals surface area contributed by atoms with Gasteiger partial charge in [-0.2, -0.15) is 0 Å². The number of rotatable bonds is 0. The summed E-state index contributed by atoms with van der Waals surface area (Å²) in [7, 11) is 0. The molecule has 0 fully saturated rings. The quantitative estimate of drug-likeness (QED) is 0.673. The molecule has 1 N–H and O–H groups in total. The van der Waals surface area contributed by atoms with E-state index in [0.717, 1.165) is 15.9 Å². The third-order valence-electron chi connectivity index (χ3n) is 1.51. The van der Waals surface area contributed by atoms with E-state index in [1.54, 1.807) is 0 Å². The van der Waals surface area contributed by atoms with Crippen molar-refractivity contribution in [3.63, 3.8) is 0 Å². The van der Waals surface area contributed by atoms with Gasteiger partial charge in [-0.05, 0) is 13.0 Å². The lowest BCUT2D eigenvalue weighted by Crippen LogP contribution is -1.66. The summed E-state index contributed by atoms with van der Waals surface area (Å²) in [5.41, 5.74) is 2.07.